The van der Waals surface area contributed by atoms with Crippen molar-refractivity contribution >= 4 is 6.41 Å². The molecule has 0 aliphatic carbocycles. The van der Waals surface area contributed by atoms with Crippen molar-refractivity contribution in [1.29, 1.82) is 0 Å². The van der Waals surface area contributed by atoms with Crippen LogP contribution in [0.1, 0.15) is 2.85 Å². The van der Waals surface area contributed by atoms with Gasteiger partial charge in [-0.2, -0.15) is 0 Å². The summed E-state index contributed by atoms with van der Waals surface area (Å²) in [5.74, 6) is 0. The Labute approximate surface area is 91.2 Å². The van der Waals surface area contributed by atoms with Gasteiger partial charge < -0.3 is 7.75 Å². The van der Waals surface area contributed by atoms with Crippen molar-refractivity contribution in [3.05, 3.63) is 0 Å². The smallest absolute Gasteiger partial charge is 1.00 e. The molecule has 0 aromatic heterocycles. The summed E-state index contributed by atoms with van der Waals surface area (Å²) in [5.41, 5.74) is 0. The fourth-order valence-corrected chi connectivity index (χ4v) is 0. The standard InChI is InChI=1S/C3H7NO.2Na.2H/c1-4(2)3-5;;;;/h3H,1-2H3;;;;/q;2*+1;2*-1. The van der Waals surface area contributed by atoms with Crippen LogP contribution in [-0.2, 0) is 4.79 Å². The van der Waals surface area contributed by atoms with Crippen molar-refractivity contribution in [2.45, 2.75) is 0 Å². The Hall–Kier alpha value is 1.47. The van der Waals surface area contributed by atoms with E-state index in [0.717, 1.165) is 6.41 Å². The normalized spacial score (nSPS) is 4.86. The van der Waals surface area contributed by atoms with E-state index in [9.17, 15) is 4.79 Å². The van der Waals surface area contributed by atoms with Gasteiger partial charge in [0.05, 0.1) is 0 Å². The average Bonchev–Trinajstić information content (AvgIpc) is 1.38. The molecule has 0 spiro atoms. The molecule has 0 atom stereocenters. The third-order valence-electron chi connectivity index (χ3n) is 0.211. The molecule has 0 fully saturated rings. The van der Waals surface area contributed by atoms with Gasteiger partial charge in [0.1, 0.15) is 0 Å². The maximum absolute atomic E-state index is 9.43. The zero-order valence-electron chi connectivity index (χ0n) is 7.43. The maximum Gasteiger partial charge on any atom is 1.00 e. The Bertz CT molecular complexity index is 46.8. The number of nitrogens with zero attached hydrogens (tertiary/aromatic N) is 1. The maximum atomic E-state index is 9.43. The van der Waals surface area contributed by atoms with E-state index >= 15 is 0 Å². The number of amides is 1. The monoisotopic (exact) mass is 121 g/mol. The summed E-state index contributed by atoms with van der Waals surface area (Å²) in [5, 5.41) is 0. The zero-order chi connectivity index (χ0) is 4.28. The molecular formula is C3H9NNa2O. The zero-order valence-corrected chi connectivity index (χ0v) is 9.43. The minimum atomic E-state index is 0. The van der Waals surface area contributed by atoms with Gasteiger partial charge in [0.2, 0.25) is 6.41 Å². The first kappa shape index (κ1) is 15.8. The number of rotatable bonds is 1. The van der Waals surface area contributed by atoms with Gasteiger partial charge in [0, 0.05) is 14.1 Å². The van der Waals surface area contributed by atoms with Crippen molar-refractivity contribution in [2.75, 3.05) is 14.1 Å². The molecule has 0 rings (SSSR count). The molecular weight excluding hydrogens is 112 g/mol. The van der Waals surface area contributed by atoms with Gasteiger partial charge in [-0.15, -0.1) is 0 Å². The van der Waals surface area contributed by atoms with Crippen LogP contribution in [0.5, 0.6) is 0 Å². The number of carbonyl (C=O) groups excluding carboxylic acids is 1. The molecule has 1 amide bonds. The SMILES string of the molecule is CN(C)C=O.[H-].[H-].[Na+].[Na+]. The van der Waals surface area contributed by atoms with E-state index in [2.05, 4.69) is 0 Å². The molecule has 0 N–H and O–H groups in total. The van der Waals surface area contributed by atoms with Gasteiger partial charge in [-0.25, -0.2) is 0 Å². The summed E-state index contributed by atoms with van der Waals surface area (Å²) < 4.78 is 0. The van der Waals surface area contributed by atoms with Crippen LogP contribution in [0.25, 0.3) is 0 Å². The van der Waals surface area contributed by atoms with Crippen LogP contribution in [0, 0.1) is 0 Å². The molecule has 0 unspecified atom stereocenters. The summed E-state index contributed by atoms with van der Waals surface area (Å²) in [6.45, 7) is 0. The second-order valence-electron chi connectivity index (χ2n) is 1.07. The van der Waals surface area contributed by atoms with Gasteiger partial charge in [0.15, 0.2) is 0 Å². The fraction of sp³-hybridized carbons (Fsp3) is 0.667. The second kappa shape index (κ2) is 10.5. The minimum absolute atomic E-state index is 0. The first-order valence-corrected chi connectivity index (χ1v) is 1.39. The summed E-state index contributed by atoms with van der Waals surface area (Å²) in [6, 6.07) is 0. The first-order valence-electron chi connectivity index (χ1n) is 1.39. The summed E-state index contributed by atoms with van der Waals surface area (Å²) in [6.07, 6.45) is 0.750. The topological polar surface area (TPSA) is 20.3 Å². The molecule has 4 heteroatoms. The fourth-order valence-electron chi connectivity index (χ4n) is 0. The molecule has 0 aliphatic heterocycles. The van der Waals surface area contributed by atoms with Crippen LogP contribution in [0.3, 0.4) is 0 Å². The second-order valence-corrected chi connectivity index (χ2v) is 1.07. The predicted octanol–water partition coefficient (Wildman–Crippen LogP) is -6.06. The minimum Gasteiger partial charge on any atom is -1.00 e. The van der Waals surface area contributed by atoms with Crippen LogP contribution in [0.15, 0.2) is 0 Å². The first-order chi connectivity index (χ1) is 2.27. The Morgan fingerprint density at radius 2 is 1.57 bits per heavy atom. The van der Waals surface area contributed by atoms with Crippen molar-refractivity contribution in [3.63, 3.8) is 0 Å². The molecule has 0 saturated heterocycles. The van der Waals surface area contributed by atoms with Crippen LogP contribution in [-0.4, -0.2) is 25.4 Å². The van der Waals surface area contributed by atoms with Gasteiger partial charge in [-0.3, -0.25) is 4.79 Å². The van der Waals surface area contributed by atoms with Gasteiger partial charge in [0.25, 0.3) is 0 Å². The summed E-state index contributed by atoms with van der Waals surface area (Å²) in [4.78, 5) is 10.9. The van der Waals surface area contributed by atoms with E-state index in [1.165, 1.54) is 4.90 Å². The van der Waals surface area contributed by atoms with Crippen LogP contribution < -0.4 is 59.1 Å². The Balaban J connectivity index is -0.0000000133. The van der Waals surface area contributed by atoms with E-state index in [4.69, 9.17) is 0 Å². The van der Waals surface area contributed by atoms with Crippen LogP contribution in [0.4, 0.5) is 0 Å². The van der Waals surface area contributed by atoms with E-state index in [0.29, 0.717) is 0 Å². The Morgan fingerprint density at radius 3 is 1.57 bits per heavy atom. The van der Waals surface area contributed by atoms with E-state index in [-0.39, 0.29) is 62.0 Å². The number of hydrogen-bond donors (Lipinski definition) is 0. The molecule has 34 valence electrons. The van der Waals surface area contributed by atoms with Crippen molar-refractivity contribution in [1.82, 2.24) is 4.90 Å². The van der Waals surface area contributed by atoms with Gasteiger partial charge in [-0.05, 0) is 0 Å². The summed E-state index contributed by atoms with van der Waals surface area (Å²) in [7, 11) is 3.38. The number of hydrogen-bond acceptors (Lipinski definition) is 1. The third kappa shape index (κ3) is 18.6. The molecule has 0 saturated carbocycles. The quantitative estimate of drug-likeness (QED) is 0.250. The van der Waals surface area contributed by atoms with Crippen molar-refractivity contribution < 1.29 is 66.8 Å². The molecule has 0 aromatic rings. The van der Waals surface area contributed by atoms with Crippen molar-refractivity contribution in [2.24, 2.45) is 0 Å². The third-order valence-corrected chi connectivity index (χ3v) is 0.211. The number of carbonyl (C=O) groups is 1. The summed E-state index contributed by atoms with van der Waals surface area (Å²) >= 11 is 0. The molecule has 0 heterocycles. The predicted molar refractivity (Wildman–Crippen MR) is 22.0 cm³/mol. The Kier molecular flexibility index (Phi) is 23.6. The molecule has 0 aromatic carbocycles. The molecule has 0 bridgehead atoms. The van der Waals surface area contributed by atoms with E-state index in [1.807, 2.05) is 0 Å². The van der Waals surface area contributed by atoms with E-state index in [1.54, 1.807) is 14.1 Å². The average molecular weight is 121 g/mol. The molecule has 2 nitrogen and oxygen atoms in total. The largest absolute Gasteiger partial charge is 1.00 e. The van der Waals surface area contributed by atoms with E-state index < -0.39 is 0 Å². The molecule has 7 heavy (non-hydrogen) atoms. The Morgan fingerprint density at radius 1 is 1.43 bits per heavy atom. The van der Waals surface area contributed by atoms with Crippen LogP contribution >= 0.6 is 0 Å². The van der Waals surface area contributed by atoms with Crippen LogP contribution in [0.2, 0.25) is 0 Å². The van der Waals surface area contributed by atoms with Gasteiger partial charge >= 0.3 is 59.1 Å². The van der Waals surface area contributed by atoms with Crippen molar-refractivity contribution in [3.8, 4) is 0 Å². The van der Waals surface area contributed by atoms with Gasteiger partial charge in [-0.1, -0.05) is 0 Å². The molecule has 0 aliphatic rings. The molecule has 0 radical (unpaired) electrons.